The minimum absolute atomic E-state index is 0.313. The van der Waals surface area contributed by atoms with Gasteiger partial charge in [0.05, 0.1) is 29.4 Å². The van der Waals surface area contributed by atoms with E-state index in [1.54, 1.807) is 11.3 Å². The van der Waals surface area contributed by atoms with E-state index in [1.165, 1.54) is 10.4 Å². The molecule has 0 amide bonds. The van der Waals surface area contributed by atoms with E-state index >= 15 is 0 Å². The summed E-state index contributed by atoms with van der Waals surface area (Å²) < 4.78 is 11.7. The number of nitrogens with zero attached hydrogens (tertiary/aromatic N) is 2. The lowest BCUT2D eigenvalue weighted by Crippen LogP contribution is -2.31. The van der Waals surface area contributed by atoms with Crippen LogP contribution in [0.3, 0.4) is 0 Å². The molecule has 4 rings (SSSR count). The standard InChI is InChI=1S/C19H23N3O2S/c1-14-6-7-17(24-14)13-22(12-16-4-2-8-23-16)11-15-10-20-21-19(15)18-5-3-9-25-18/h3,5-7,9-10,16H,2,4,8,11-13H2,1H3,(H,20,21). The summed E-state index contributed by atoms with van der Waals surface area (Å²) in [6.07, 6.45) is 4.54. The van der Waals surface area contributed by atoms with Gasteiger partial charge in [-0.3, -0.25) is 10.00 Å². The number of aromatic amines is 1. The molecule has 132 valence electrons. The van der Waals surface area contributed by atoms with Gasteiger partial charge in [0.15, 0.2) is 0 Å². The lowest BCUT2D eigenvalue weighted by molar-refractivity contribution is 0.0654. The van der Waals surface area contributed by atoms with Gasteiger partial charge in [0, 0.05) is 25.3 Å². The Balaban J connectivity index is 1.52. The average Bonchev–Trinajstić information content (AvgIpc) is 3.34. The maximum absolute atomic E-state index is 5.85. The number of hydrogen-bond acceptors (Lipinski definition) is 5. The maximum atomic E-state index is 5.85. The third-order valence-corrected chi connectivity index (χ3v) is 5.43. The van der Waals surface area contributed by atoms with Crippen molar-refractivity contribution in [1.82, 2.24) is 15.1 Å². The maximum Gasteiger partial charge on any atom is 0.118 e. The van der Waals surface area contributed by atoms with Gasteiger partial charge in [0.1, 0.15) is 11.5 Å². The fraction of sp³-hybridized carbons (Fsp3) is 0.421. The number of thiophene rings is 1. The molecular weight excluding hydrogens is 334 g/mol. The Labute approximate surface area is 151 Å². The van der Waals surface area contributed by atoms with Crippen LogP contribution in [0.1, 0.15) is 29.9 Å². The zero-order chi connectivity index (χ0) is 17.1. The van der Waals surface area contributed by atoms with Crippen molar-refractivity contribution in [1.29, 1.82) is 0 Å². The fourth-order valence-corrected chi connectivity index (χ4v) is 4.11. The second-order valence-electron chi connectivity index (χ2n) is 6.56. The Hall–Kier alpha value is -1.89. The zero-order valence-corrected chi connectivity index (χ0v) is 15.2. The van der Waals surface area contributed by atoms with Gasteiger partial charge in [-0.15, -0.1) is 11.3 Å². The smallest absolute Gasteiger partial charge is 0.118 e. The zero-order valence-electron chi connectivity index (χ0n) is 14.4. The van der Waals surface area contributed by atoms with Crippen LogP contribution in [-0.4, -0.2) is 34.4 Å². The molecule has 1 saturated heterocycles. The Morgan fingerprint density at radius 1 is 1.32 bits per heavy atom. The molecule has 0 spiro atoms. The first-order valence-electron chi connectivity index (χ1n) is 8.73. The van der Waals surface area contributed by atoms with Crippen LogP contribution in [0, 0.1) is 6.92 Å². The monoisotopic (exact) mass is 357 g/mol. The number of aromatic nitrogens is 2. The molecule has 5 nitrogen and oxygen atoms in total. The number of aryl methyl sites for hydroxylation is 1. The fourth-order valence-electron chi connectivity index (χ4n) is 3.36. The SMILES string of the molecule is Cc1ccc(CN(Cc2cn[nH]c2-c2cccs2)CC2CCCO2)o1. The molecule has 1 atom stereocenters. The Morgan fingerprint density at radius 2 is 2.28 bits per heavy atom. The van der Waals surface area contributed by atoms with Crippen molar-refractivity contribution >= 4 is 11.3 Å². The summed E-state index contributed by atoms with van der Waals surface area (Å²) in [5.74, 6) is 1.95. The van der Waals surface area contributed by atoms with Gasteiger partial charge in [-0.05, 0) is 43.3 Å². The van der Waals surface area contributed by atoms with Crippen LogP contribution in [0.5, 0.6) is 0 Å². The van der Waals surface area contributed by atoms with Gasteiger partial charge in [-0.25, -0.2) is 0 Å². The van der Waals surface area contributed by atoms with Crippen molar-refractivity contribution in [2.45, 2.75) is 39.0 Å². The van der Waals surface area contributed by atoms with Crippen LogP contribution in [0.4, 0.5) is 0 Å². The number of ether oxygens (including phenoxy) is 1. The minimum Gasteiger partial charge on any atom is -0.465 e. The van der Waals surface area contributed by atoms with Crippen molar-refractivity contribution in [3.63, 3.8) is 0 Å². The van der Waals surface area contributed by atoms with E-state index < -0.39 is 0 Å². The summed E-state index contributed by atoms with van der Waals surface area (Å²) in [6.45, 7) is 5.38. The van der Waals surface area contributed by atoms with E-state index in [9.17, 15) is 0 Å². The highest BCUT2D eigenvalue weighted by Crippen LogP contribution is 2.27. The molecule has 1 unspecified atom stereocenters. The highest BCUT2D eigenvalue weighted by atomic mass is 32.1. The number of hydrogen-bond donors (Lipinski definition) is 1. The van der Waals surface area contributed by atoms with Crippen molar-refractivity contribution in [3.8, 4) is 10.6 Å². The van der Waals surface area contributed by atoms with Crippen molar-refractivity contribution in [2.75, 3.05) is 13.2 Å². The first-order valence-corrected chi connectivity index (χ1v) is 9.61. The third kappa shape index (κ3) is 4.03. The summed E-state index contributed by atoms with van der Waals surface area (Å²) in [5, 5.41) is 9.52. The van der Waals surface area contributed by atoms with E-state index in [2.05, 4.69) is 38.7 Å². The van der Waals surface area contributed by atoms with Gasteiger partial charge < -0.3 is 9.15 Å². The Kier molecular flexibility index (Phi) is 5.01. The molecular formula is C19H23N3O2S. The minimum atomic E-state index is 0.313. The number of rotatable bonds is 7. The molecule has 0 aliphatic carbocycles. The summed E-state index contributed by atoms with van der Waals surface area (Å²) in [6, 6.07) is 8.28. The summed E-state index contributed by atoms with van der Waals surface area (Å²) in [5.41, 5.74) is 2.33. The molecule has 3 aromatic rings. The first kappa shape index (κ1) is 16.6. The summed E-state index contributed by atoms with van der Waals surface area (Å²) >= 11 is 1.73. The van der Waals surface area contributed by atoms with Gasteiger partial charge >= 0.3 is 0 Å². The molecule has 1 aliphatic heterocycles. The number of H-pyrrole nitrogens is 1. The van der Waals surface area contributed by atoms with Gasteiger partial charge in [0.25, 0.3) is 0 Å². The Bertz CT molecular complexity index is 787. The van der Waals surface area contributed by atoms with E-state index in [0.29, 0.717) is 6.10 Å². The quantitative estimate of drug-likeness (QED) is 0.688. The van der Waals surface area contributed by atoms with Crippen LogP contribution in [-0.2, 0) is 17.8 Å². The van der Waals surface area contributed by atoms with Crippen molar-refractivity contribution in [2.24, 2.45) is 0 Å². The van der Waals surface area contributed by atoms with E-state index in [-0.39, 0.29) is 0 Å². The average molecular weight is 357 g/mol. The molecule has 0 bridgehead atoms. The predicted molar refractivity (Wildman–Crippen MR) is 98.4 cm³/mol. The Morgan fingerprint density at radius 3 is 3.00 bits per heavy atom. The molecule has 1 N–H and O–H groups in total. The van der Waals surface area contributed by atoms with E-state index in [4.69, 9.17) is 9.15 Å². The van der Waals surface area contributed by atoms with Crippen LogP contribution in [0.25, 0.3) is 10.6 Å². The van der Waals surface area contributed by atoms with Crippen LogP contribution in [0.2, 0.25) is 0 Å². The molecule has 0 radical (unpaired) electrons. The van der Waals surface area contributed by atoms with E-state index in [1.807, 2.05) is 19.2 Å². The van der Waals surface area contributed by atoms with Gasteiger partial charge in [-0.1, -0.05) is 6.07 Å². The lowest BCUT2D eigenvalue weighted by atomic mass is 10.1. The second kappa shape index (κ2) is 7.56. The van der Waals surface area contributed by atoms with Crippen LogP contribution in [0.15, 0.2) is 40.3 Å². The molecule has 1 aliphatic rings. The molecule has 3 aromatic heterocycles. The van der Waals surface area contributed by atoms with Gasteiger partial charge in [0.2, 0.25) is 0 Å². The van der Waals surface area contributed by atoms with Crippen molar-refractivity contribution < 1.29 is 9.15 Å². The summed E-state index contributed by atoms with van der Waals surface area (Å²) in [4.78, 5) is 3.62. The largest absolute Gasteiger partial charge is 0.465 e. The predicted octanol–water partition coefficient (Wildman–Crippen LogP) is 4.22. The molecule has 1 fully saturated rings. The second-order valence-corrected chi connectivity index (χ2v) is 7.51. The third-order valence-electron chi connectivity index (χ3n) is 4.54. The number of furan rings is 1. The van der Waals surface area contributed by atoms with E-state index in [0.717, 1.165) is 56.3 Å². The molecule has 0 aromatic carbocycles. The van der Waals surface area contributed by atoms with Crippen LogP contribution < -0.4 is 0 Å². The van der Waals surface area contributed by atoms with Gasteiger partial charge in [-0.2, -0.15) is 5.10 Å². The molecule has 6 heteroatoms. The first-order chi connectivity index (χ1) is 12.3. The molecule has 0 saturated carbocycles. The lowest BCUT2D eigenvalue weighted by Gasteiger charge is -2.24. The highest BCUT2D eigenvalue weighted by Gasteiger charge is 2.22. The normalized spacial score (nSPS) is 17.6. The highest BCUT2D eigenvalue weighted by molar-refractivity contribution is 7.13. The topological polar surface area (TPSA) is 54.3 Å². The molecule has 4 heterocycles. The number of nitrogens with one attached hydrogen (secondary N) is 1. The van der Waals surface area contributed by atoms with Crippen molar-refractivity contribution in [3.05, 3.63) is 52.9 Å². The van der Waals surface area contributed by atoms with Crippen LogP contribution >= 0.6 is 11.3 Å². The molecule has 25 heavy (non-hydrogen) atoms. The summed E-state index contributed by atoms with van der Waals surface area (Å²) in [7, 11) is 0.